The van der Waals surface area contributed by atoms with Gasteiger partial charge >= 0.3 is 6.03 Å². The molecule has 2 fully saturated rings. The van der Waals surface area contributed by atoms with Crippen LogP contribution in [0, 0.1) is 5.82 Å². The van der Waals surface area contributed by atoms with Gasteiger partial charge in [-0.2, -0.15) is 0 Å². The molecule has 1 aliphatic carbocycles. The third-order valence-electron chi connectivity index (χ3n) is 4.69. The minimum absolute atomic E-state index is 0.0177. The normalized spacial score (nSPS) is 17.1. The van der Waals surface area contributed by atoms with E-state index < -0.39 is 11.8 Å². The van der Waals surface area contributed by atoms with E-state index in [9.17, 15) is 14.0 Å². The number of anilines is 1. The largest absolute Gasteiger partial charge is 0.323 e. The monoisotopic (exact) mass is 373 g/mol. The molecule has 2 aromatic rings. The summed E-state index contributed by atoms with van der Waals surface area (Å²) in [4.78, 5) is 27.5. The number of amides is 3. The van der Waals surface area contributed by atoms with Crippen LogP contribution in [-0.2, 0) is 4.79 Å². The van der Waals surface area contributed by atoms with Crippen molar-refractivity contribution < 1.29 is 14.0 Å². The summed E-state index contributed by atoms with van der Waals surface area (Å²) in [6, 6.07) is 4.16. The van der Waals surface area contributed by atoms with Crippen LogP contribution in [0.1, 0.15) is 32.7 Å². The number of nitrogens with zero attached hydrogens (tertiary/aromatic N) is 6. The quantitative estimate of drug-likeness (QED) is 0.882. The minimum Gasteiger partial charge on any atom is -0.320 e. The molecular weight excluding hydrogens is 353 g/mol. The Morgan fingerprint density at radius 1 is 1.33 bits per heavy atom. The van der Waals surface area contributed by atoms with E-state index in [0.717, 1.165) is 12.8 Å². The molecule has 1 N–H and O–H groups in total. The maximum Gasteiger partial charge on any atom is 0.323 e. The van der Waals surface area contributed by atoms with Crippen molar-refractivity contribution >= 4 is 17.6 Å². The van der Waals surface area contributed by atoms with Crippen molar-refractivity contribution in [3.63, 3.8) is 0 Å². The number of hydrogen-bond acceptors (Lipinski definition) is 5. The van der Waals surface area contributed by atoms with Crippen molar-refractivity contribution in [2.75, 3.05) is 18.5 Å². The molecule has 2 heterocycles. The van der Waals surface area contributed by atoms with Gasteiger partial charge in [0.25, 0.3) is 0 Å². The van der Waals surface area contributed by atoms with E-state index in [4.69, 9.17) is 0 Å². The number of carbonyl (C=O) groups is 2. The Morgan fingerprint density at radius 2 is 2.11 bits per heavy atom. The number of halogens is 1. The van der Waals surface area contributed by atoms with E-state index >= 15 is 0 Å². The SMILES string of the molecule is CC(C)n1nnnc1-c1ccc(NC(=O)N2CC(=O)N(C3CC3)C2)cc1F. The Balaban J connectivity index is 1.47. The number of nitrogens with one attached hydrogen (secondary N) is 1. The molecule has 1 aliphatic heterocycles. The molecule has 4 rings (SSSR count). The first-order valence-electron chi connectivity index (χ1n) is 8.87. The van der Waals surface area contributed by atoms with Crippen molar-refractivity contribution in [3.05, 3.63) is 24.0 Å². The summed E-state index contributed by atoms with van der Waals surface area (Å²) in [5, 5.41) is 14.0. The second-order valence-corrected chi connectivity index (χ2v) is 7.10. The predicted octanol–water partition coefficient (Wildman–Crippen LogP) is 1.86. The number of aromatic nitrogens is 4. The third-order valence-corrected chi connectivity index (χ3v) is 4.69. The van der Waals surface area contributed by atoms with Crippen LogP contribution in [0.2, 0.25) is 0 Å². The smallest absolute Gasteiger partial charge is 0.320 e. The maximum atomic E-state index is 14.6. The average Bonchev–Trinajstić information content (AvgIpc) is 3.20. The van der Waals surface area contributed by atoms with Crippen LogP contribution < -0.4 is 5.32 Å². The van der Waals surface area contributed by atoms with E-state index in [2.05, 4.69) is 20.8 Å². The van der Waals surface area contributed by atoms with Crippen LogP contribution in [0.4, 0.5) is 14.9 Å². The molecule has 0 atom stereocenters. The average molecular weight is 373 g/mol. The van der Waals surface area contributed by atoms with Gasteiger partial charge in [-0.05, 0) is 55.3 Å². The lowest BCUT2D eigenvalue weighted by molar-refractivity contribution is -0.127. The van der Waals surface area contributed by atoms with Gasteiger partial charge in [0.05, 0.1) is 18.3 Å². The Labute approximate surface area is 155 Å². The zero-order valence-electron chi connectivity index (χ0n) is 15.1. The Hall–Kier alpha value is -3.04. The van der Waals surface area contributed by atoms with Crippen LogP contribution in [0.3, 0.4) is 0 Å². The molecule has 1 saturated carbocycles. The second kappa shape index (κ2) is 6.60. The fourth-order valence-corrected chi connectivity index (χ4v) is 3.10. The number of tetrazole rings is 1. The highest BCUT2D eigenvalue weighted by Crippen LogP contribution is 2.30. The molecule has 0 radical (unpaired) electrons. The number of hydrogen-bond donors (Lipinski definition) is 1. The van der Waals surface area contributed by atoms with Crippen LogP contribution in [0.15, 0.2) is 18.2 Å². The van der Waals surface area contributed by atoms with E-state index in [1.54, 1.807) is 11.0 Å². The highest BCUT2D eigenvalue weighted by molar-refractivity contribution is 5.94. The van der Waals surface area contributed by atoms with E-state index in [1.165, 1.54) is 21.7 Å². The van der Waals surface area contributed by atoms with Crippen LogP contribution in [0.25, 0.3) is 11.4 Å². The van der Waals surface area contributed by atoms with Crippen molar-refractivity contribution in [2.45, 2.75) is 38.8 Å². The molecule has 9 nitrogen and oxygen atoms in total. The van der Waals surface area contributed by atoms with Gasteiger partial charge < -0.3 is 10.2 Å². The van der Waals surface area contributed by atoms with Gasteiger partial charge in [-0.25, -0.2) is 13.9 Å². The van der Waals surface area contributed by atoms with Gasteiger partial charge in [-0.15, -0.1) is 5.10 Å². The van der Waals surface area contributed by atoms with Gasteiger partial charge in [-0.1, -0.05) is 0 Å². The lowest BCUT2D eigenvalue weighted by atomic mass is 10.1. The first kappa shape index (κ1) is 17.4. The van der Waals surface area contributed by atoms with Gasteiger partial charge in [0.1, 0.15) is 12.4 Å². The molecule has 142 valence electrons. The van der Waals surface area contributed by atoms with Crippen molar-refractivity contribution in [1.82, 2.24) is 30.0 Å². The van der Waals surface area contributed by atoms with E-state index in [0.29, 0.717) is 11.5 Å². The molecule has 3 amide bonds. The number of benzene rings is 1. The fraction of sp³-hybridized carbons (Fsp3) is 0.471. The zero-order chi connectivity index (χ0) is 19.1. The summed E-state index contributed by atoms with van der Waals surface area (Å²) < 4.78 is 16.1. The lowest BCUT2D eigenvalue weighted by Gasteiger charge is -2.18. The van der Waals surface area contributed by atoms with Crippen molar-refractivity contribution in [3.8, 4) is 11.4 Å². The highest BCUT2D eigenvalue weighted by atomic mass is 19.1. The standard InChI is InChI=1S/C17H20FN7O2/c1-10(2)25-16(20-21-22-25)13-6-3-11(7-14(13)18)19-17(27)23-8-15(26)24(9-23)12-4-5-12/h3,6-7,10,12H,4-5,8-9H2,1-2H3,(H,19,27). The van der Waals surface area contributed by atoms with Crippen LogP contribution in [-0.4, -0.2) is 61.2 Å². The molecular formula is C17H20FN7O2. The summed E-state index contributed by atoms with van der Waals surface area (Å²) in [6.07, 6.45) is 1.98. The van der Waals surface area contributed by atoms with E-state index in [-0.39, 0.29) is 36.8 Å². The molecule has 10 heteroatoms. The number of carbonyl (C=O) groups excluding carboxylic acids is 2. The molecule has 1 aromatic heterocycles. The summed E-state index contributed by atoms with van der Waals surface area (Å²) >= 11 is 0. The summed E-state index contributed by atoms with van der Waals surface area (Å²) in [7, 11) is 0. The van der Waals surface area contributed by atoms with Gasteiger partial charge in [0.15, 0.2) is 5.82 Å². The number of rotatable bonds is 4. The van der Waals surface area contributed by atoms with Crippen LogP contribution >= 0.6 is 0 Å². The van der Waals surface area contributed by atoms with Crippen LogP contribution in [0.5, 0.6) is 0 Å². The Bertz CT molecular complexity index is 893. The van der Waals surface area contributed by atoms with Gasteiger partial charge in [-0.3, -0.25) is 9.69 Å². The van der Waals surface area contributed by atoms with Gasteiger partial charge in [0, 0.05) is 11.7 Å². The second-order valence-electron chi connectivity index (χ2n) is 7.10. The molecule has 1 aromatic carbocycles. The Morgan fingerprint density at radius 3 is 2.78 bits per heavy atom. The molecule has 0 bridgehead atoms. The van der Waals surface area contributed by atoms with Crippen molar-refractivity contribution in [1.29, 1.82) is 0 Å². The Kier molecular flexibility index (Phi) is 4.25. The molecule has 1 saturated heterocycles. The summed E-state index contributed by atoms with van der Waals surface area (Å²) in [5.74, 6) is -0.262. The summed E-state index contributed by atoms with van der Waals surface area (Å²) in [6.45, 7) is 4.12. The fourth-order valence-electron chi connectivity index (χ4n) is 3.10. The lowest BCUT2D eigenvalue weighted by Crippen LogP contribution is -2.35. The topological polar surface area (TPSA) is 96.2 Å². The maximum absolute atomic E-state index is 14.6. The third kappa shape index (κ3) is 3.34. The molecule has 2 aliphatic rings. The minimum atomic E-state index is -0.540. The van der Waals surface area contributed by atoms with E-state index in [1.807, 2.05) is 13.8 Å². The zero-order valence-corrected chi connectivity index (χ0v) is 15.1. The highest BCUT2D eigenvalue weighted by Gasteiger charge is 2.39. The molecule has 0 spiro atoms. The van der Waals surface area contributed by atoms with Crippen molar-refractivity contribution in [2.24, 2.45) is 0 Å². The summed E-state index contributed by atoms with van der Waals surface area (Å²) in [5.41, 5.74) is 0.560. The first-order valence-corrected chi connectivity index (χ1v) is 8.87. The molecule has 27 heavy (non-hydrogen) atoms. The van der Waals surface area contributed by atoms with Gasteiger partial charge in [0.2, 0.25) is 5.91 Å². The predicted molar refractivity (Wildman–Crippen MR) is 94.1 cm³/mol. The first-order chi connectivity index (χ1) is 12.9. The molecule has 0 unspecified atom stereocenters. The number of urea groups is 1.